The minimum Gasteiger partial charge on any atom is -0.313 e. The second-order valence-electron chi connectivity index (χ2n) is 4.52. The van der Waals surface area contributed by atoms with Crippen molar-refractivity contribution in [2.45, 2.75) is 24.8 Å². The summed E-state index contributed by atoms with van der Waals surface area (Å²) in [6.07, 6.45) is 2.44. The Labute approximate surface area is 120 Å². The van der Waals surface area contributed by atoms with E-state index in [1.165, 1.54) is 25.3 Å². The molecule has 0 saturated heterocycles. The van der Waals surface area contributed by atoms with Gasteiger partial charge in [0.15, 0.2) is 0 Å². The molecule has 0 radical (unpaired) electrons. The fourth-order valence-corrected chi connectivity index (χ4v) is 2.96. The van der Waals surface area contributed by atoms with E-state index in [4.69, 9.17) is 0 Å². The summed E-state index contributed by atoms with van der Waals surface area (Å²) < 4.78 is 39.4. The third-order valence-electron chi connectivity index (χ3n) is 2.83. The standard InChI is InChI=1S/C14H21FN2O2S/c1-4-8-16-11-12-6-7-13(15)14(10-12)20(18,19)17(3)9-5-2/h5-7,10,16H,2,4,8-9,11H2,1,3H3. The summed E-state index contributed by atoms with van der Waals surface area (Å²) in [4.78, 5) is -0.294. The molecule has 0 aromatic heterocycles. The molecule has 0 unspecified atom stereocenters. The van der Waals surface area contributed by atoms with E-state index in [1.54, 1.807) is 6.07 Å². The highest BCUT2D eigenvalue weighted by molar-refractivity contribution is 7.89. The van der Waals surface area contributed by atoms with Crippen molar-refractivity contribution in [3.8, 4) is 0 Å². The molecule has 0 aliphatic heterocycles. The Balaban J connectivity index is 3.04. The van der Waals surface area contributed by atoms with Gasteiger partial charge in [0.25, 0.3) is 0 Å². The fourth-order valence-electron chi connectivity index (χ4n) is 1.71. The van der Waals surface area contributed by atoms with Gasteiger partial charge in [0.1, 0.15) is 10.7 Å². The first-order chi connectivity index (χ1) is 9.43. The lowest BCUT2D eigenvalue weighted by molar-refractivity contribution is 0.489. The number of sulfonamides is 1. The first-order valence-electron chi connectivity index (χ1n) is 6.49. The number of benzene rings is 1. The van der Waals surface area contributed by atoms with E-state index in [9.17, 15) is 12.8 Å². The number of halogens is 1. The van der Waals surface area contributed by atoms with Crippen LogP contribution in [0.5, 0.6) is 0 Å². The van der Waals surface area contributed by atoms with E-state index in [2.05, 4.69) is 11.9 Å². The predicted octanol–water partition coefficient (Wildman–Crippen LogP) is 2.13. The SMILES string of the molecule is C=CCN(C)S(=O)(=O)c1cc(CNCCC)ccc1F. The topological polar surface area (TPSA) is 49.4 Å². The van der Waals surface area contributed by atoms with Crippen LogP contribution in [0.2, 0.25) is 0 Å². The largest absolute Gasteiger partial charge is 0.313 e. The van der Waals surface area contributed by atoms with Gasteiger partial charge in [-0.2, -0.15) is 4.31 Å². The number of hydrogen-bond donors (Lipinski definition) is 1. The molecule has 0 saturated carbocycles. The minimum atomic E-state index is -3.83. The second-order valence-corrected chi connectivity index (χ2v) is 6.53. The van der Waals surface area contributed by atoms with Gasteiger partial charge >= 0.3 is 0 Å². The average molecular weight is 300 g/mol. The molecule has 0 aliphatic carbocycles. The molecule has 0 spiro atoms. The number of hydrogen-bond acceptors (Lipinski definition) is 3. The first-order valence-corrected chi connectivity index (χ1v) is 7.93. The van der Waals surface area contributed by atoms with Crippen LogP contribution in [0, 0.1) is 5.82 Å². The van der Waals surface area contributed by atoms with Crippen LogP contribution in [0.1, 0.15) is 18.9 Å². The van der Waals surface area contributed by atoms with Crippen LogP contribution in [0.15, 0.2) is 35.7 Å². The lowest BCUT2D eigenvalue weighted by atomic mass is 10.2. The van der Waals surface area contributed by atoms with Crippen molar-refractivity contribution in [3.05, 3.63) is 42.2 Å². The van der Waals surface area contributed by atoms with Gasteiger partial charge in [-0.1, -0.05) is 19.1 Å². The fraction of sp³-hybridized carbons (Fsp3) is 0.429. The number of nitrogens with zero attached hydrogens (tertiary/aromatic N) is 1. The maximum atomic E-state index is 13.8. The maximum absolute atomic E-state index is 13.8. The zero-order valence-corrected chi connectivity index (χ0v) is 12.7. The van der Waals surface area contributed by atoms with Crippen molar-refractivity contribution in [3.63, 3.8) is 0 Å². The summed E-state index contributed by atoms with van der Waals surface area (Å²) in [7, 11) is -2.42. The summed E-state index contributed by atoms with van der Waals surface area (Å²) >= 11 is 0. The Morgan fingerprint density at radius 3 is 2.75 bits per heavy atom. The molecule has 112 valence electrons. The van der Waals surface area contributed by atoms with Crippen LogP contribution in [0.4, 0.5) is 4.39 Å². The van der Waals surface area contributed by atoms with Crippen LogP contribution in [0.3, 0.4) is 0 Å². The molecule has 1 aromatic carbocycles. The summed E-state index contributed by atoms with van der Waals surface area (Å²) in [6, 6.07) is 4.16. The molecule has 1 aromatic rings. The summed E-state index contributed by atoms with van der Waals surface area (Å²) in [5, 5.41) is 3.16. The molecule has 1 N–H and O–H groups in total. The zero-order chi connectivity index (χ0) is 15.2. The molecule has 0 aliphatic rings. The van der Waals surface area contributed by atoms with E-state index >= 15 is 0 Å². The Morgan fingerprint density at radius 1 is 1.45 bits per heavy atom. The molecular weight excluding hydrogens is 279 g/mol. The van der Waals surface area contributed by atoms with Crippen molar-refractivity contribution in [2.75, 3.05) is 20.1 Å². The van der Waals surface area contributed by atoms with Crippen LogP contribution in [-0.4, -0.2) is 32.9 Å². The van der Waals surface area contributed by atoms with Crippen LogP contribution in [0.25, 0.3) is 0 Å². The first kappa shape index (κ1) is 16.8. The molecule has 0 fully saturated rings. The van der Waals surface area contributed by atoms with Crippen LogP contribution >= 0.6 is 0 Å². The van der Waals surface area contributed by atoms with Gasteiger partial charge in [-0.3, -0.25) is 0 Å². The normalized spacial score (nSPS) is 11.8. The summed E-state index contributed by atoms with van der Waals surface area (Å²) in [5.41, 5.74) is 0.741. The van der Waals surface area contributed by atoms with E-state index in [0.717, 1.165) is 22.8 Å². The van der Waals surface area contributed by atoms with Gasteiger partial charge in [0.05, 0.1) is 0 Å². The molecule has 20 heavy (non-hydrogen) atoms. The van der Waals surface area contributed by atoms with Gasteiger partial charge in [-0.05, 0) is 30.7 Å². The highest BCUT2D eigenvalue weighted by Gasteiger charge is 2.23. The molecule has 1 rings (SSSR count). The Bertz CT molecular complexity index is 558. The quantitative estimate of drug-likeness (QED) is 0.591. The predicted molar refractivity (Wildman–Crippen MR) is 78.4 cm³/mol. The number of nitrogens with one attached hydrogen (secondary N) is 1. The van der Waals surface area contributed by atoms with Crippen LogP contribution < -0.4 is 5.32 Å². The average Bonchev–Trinajstić information content (AvgIpc) is 2.41. The van der Waals surface area contributed by atoms with E-state index < -0.39 is 15.8 Å². The molecule has 6 heteroatoms. The third kappa shape index (κ3) is 4.13. The van der Waals surface area contributed by atoms with E-state index in [-0.39, 0.29) is 11.4 Å². The van der Waals surface area contributed by atoms with Crippen molar-refractivity contribution >= 4 is 10.0 Å². The van der Waals surface area contributed by atoms with E-state index in [0.29, 0.717) is 6.54 Å². The smallest absolute Gasteiger partial charge is 0.246 e. The van der Waals surface area contributed by atoms with Crippen molar-refractivity contribution in [1.29, 1.82) is 0 Å². The monoisotopic (exact) mass is 300 g/mol. The van der Waals surface area contributed by atoms with Crippen molar-refractivity contribution < 1.29 is 12.8 Å². The van der Waals surface area contributed by atoms with Crippen molar-refractivity contribution in [1.82, 2.24) is 9.62 Å². The molecule has 0 bridgehead atoms. The van der Waals surface area contributed by atoms with Gasteiger partial charge in [0, 0.05) is 20.1 Å². The molecule has 0 amide bonds. The highest BCUT2D eigenvalue weighted by Crippen LogP contribution is 2.20. The lowest BCUT2D eigenvalue weighted by Crippen LogP contribution is -2.28. The summed E-state index contributed by atoms with van der Waals surface area (Å²) in [5.74, 6) is -0.736. The molecule has 0 heterocycles. The van der Waals surface area contributed by atoms with Gasteiger partial charge in [-0.15, -0.1) is 6.58 Å². The molecule has 0 atom stereocenters. The number of likely N-dealkylation sites (N-methyl/N-ethyl adjacent to an activating group) is 1. The second kappa shape index (κ2) is 7.52. The maximum Gasteiger partial charge on any atom is 0.246 e. The third-order valence-corrected chi connectivity index (χ3v) is 4.66. The Hall–Kier alpha value is -1.24. The van der Waals surface area contributed by atoms with Gasteiger partial charge in [0.2, 0.25) is 10.0 Å². The molecule has 4 nitrogen and oxygen atoms in total. The highest BCUT2D eigenvalue weighted by atomic mass is 32.2. The van der Waals surface area contributed by atoms with Crippen molar-refractivity contribution in [2.24, 2.45) is 0 Å². The molecular formula is C14H21FN2O2S. The Kier molecular flexibility index (Phi) is 6.32. The van der Waals surface area contributed by atoms with E-state index in [1.807, 2.05) is 6.92 Å². The Morgan fingerprint density at radius 2 is 2.15 bits per heavy atom. The van der Waals surface area contributed by atoms with Gasteiger partial charge < -0.3 is 5.32 Å². The minimum absolute atomic E-state index is 0.139. The zero-order valence-electron chi connectivity index (χ0n) is 11.9. The lowest BCUT2D eigenvalue weighted by Gasteiger charge is -2.16. The number of rotatable bonds is 8. The van der Waals surface area contributed by atoms with Crippen LogP contribution in [-0.2, 0) is 16.6 Å². The summed E-state index contributed by atoms with van der Waals surface area (Å²) in [6.45, 7) is 7.01. The van der Waals surface area contributed by atoms with Gasteiger partial charge in [-0.25, -0.2) is 12.8 Å².